The van der Waals surface area contributed by atoms with Crippen molar-refractivity contribution in [3.8, 4) is 0 Å². The normalized spacial score (nSPS) is 21.4. The van der Waals surface area contributed by atoms with Crippen LogP contribution in [0.5, 0.6) is 0 Å². The fraction of sp³-hybridized carbons (Fsp3) is 0.462. The number of hydrogen-bond acceptors (Lipinski definition) is 3. The maximum atomic E-state index is 13.3. The number of hydrogen-bond donors (Lipinski definition) is 3. The van der Waals surface area contributed by atoms with Crippen molar-refractivity contribution >= 4 is 18.3 Å². The van der Waals surface area contributed by atoms with Gasteiger partial charge in [-0.15, -0.1) is 12.4 Å². The molecule has 1 aliphatic rings. The molecule has 1 saturated heterocycles. The van der Waals surface area contributed by atoms with E-state index in [-0.39, 0.29) is 36.2 Å². The standard InChI is InChI=1S/C13H16F2N2O2.ClH/c14-10-2-1-8(11(15)4-10)3-13(19)17-6-9-5-16-7-12(9)18;/h1-2,4,9,12,16,18H,3,5-7H2,(H,17,19);1H. The van der Waals surface area contributed by atoms with Crippen molar-refractivity contribution in [1.29, 1.82) is 0 Å². The van der Waals surface area contributed by atoms with E-state index in [4.69, 9.17) is 0 Å². The van der Waals surface area contributed by atoms with Crippen LogP contribution < -0.4 is 10.6 Å². The van der Waals surface area contributed by atoms with E-state index >= 15 is 0 Å². The van der Waals surface area contributed by atoms with E-state index in [1.807, 2.05) is 0 Å². The molecule has 112 valence electrons. The lowest BCUT2D eigenvalue weighted by atomic mass is 10.1. The van der Waals surface area contributed by atoms with Gasteiger partial charge in [-0.3, -0.25) is 4.79 Å². The molecule has 1 heterocycles. The molecule has 3 N–H and O–H groups in total. The number of amides is 1. The molecule has 2 atom stereocenters. The Morgan fingerprint density at radius 2 is 2.15 bits per heavy atom. The average Bonchev–Trinajstić information content (AvgIpc) is 2.76. The molecule has 2 unspecified atom stereocenters. The van der Waals surface area contributed by atoms with Crippen molar-refractivity contribution < 1.29 is 18.7 Å². The third-order valence-electron chi connectivity index (χ3n) is 3.23. The summed E-state index contributed by atoms with van der Waals surface area (Å²) < 4.78 is 26.0. The van der Waals surface area contributed by atoms with E-state index in [0.717, 1.165) is 12.1 Å². The fourth-order valence-electron chi connectivity index (χ4n) is 2.07. The average molecular weight is 307 g/mol. The maximum Gasteiger partial charge on any atom is 0.224 e. The van der Waals surface area contributed by atoms with E-state index in [9.17, 15) is 18.7 Å². The van der Waals surface area contributed by atoms with E-state index in [1.165, 1.54) is 6.07 Å². The highest BCUT2D eigenvalue weighted by atomic mass is 35.5. The summed E-state index contributed by atoms with van der Waals surface area (Å²) in [5.41, 5.74) is 0.156. The second-order valence-corrected chi connectivity index (χ2v) is 4.70. The number of nitrogens with one attached hydrogen (secondary N) is 2. The number of carbonyl (C=O) groups is 1. The first kappa shape index (κ1) is 16.8. The molecule has 20 heavy (non-hydrogen) atoms. The van der Waals surface area contributed by atoms with Gasteiger partial charge in [-0.05, 0) is 11.6 Å². The van der Waals surface area contributed by atoms with Crippen LogP contribution in [-0.2, 0) is 11.2 Å². The van der Waals surface area contributed by atoms with E-state index in [0.29, 0.717) is 19.6 Å². The molecule has 0 aliphatic carbocycles. The monoisotopic (exact) mass is 306 g/mol. The number of β-amino-alcohol motifs (C(OH)–C–C–N with tert-alkyl or cyclic N) is 1. The van der Waals surface area contributed by atoms with Crippen LogP contribution in [0, 0.1) is 17.6 Å². The molecule has 0 radical (unpaired) electrons. The van der Waals surface area contributed by atoms with Gasteiger partial charge in [-0.2, -0.15) is 0 Å². The maximum absolute atomic E-state index is 13.3. The lowest BCUT2D eigenvalue weighted by molar-refractivity contribution is -0.120. The zero-order chi connectivity index (χ0) is 13.8. The van der Waals surface area contributed by atoms with Gasteiger partial charge in [0, 0.05) is 31.6 Å². The summed E-state index contributed by atoms with van der Waals surface area (Å²) in [6, 6.07) is 3.14. The van der Waals surface area contributed by atoms with Gasteiger partial charge in [0.25, 0.3) is 0 Å². The van der Waals surface area contributed by atoms with Gasteiger partial charge >= 0.3 is 0 Å². The van der Waals surface area contributed by atoms with Gasteiger partial charge in [0.05, 0.1) is 12.5 Å². The summed E-state index contributed by atoms with van der Waals surface area (Å²) >= 11 is 0. The summed E-state index contributed by atoms with van der Waals surface area (Å²) in [6.45, 7) is 1.51. The van der Waals surface area contributed by atoms with Gasteiger partial charge in [0.1, 0.15) is 11.6 Å². The highest BCUT2D eigenvalue weighted by Gasteiger charge is 2.25. The van der Waals surface area contributed by atoms with Crippen LogP contribution in [0.15, 0.2) is 18.2 Å². The molecule has 7 heteroatoms. The Labute approximate surface area is 122 Å². The van der Waals surface area contributed by atoms with Crippen LogP contribution in [0.3, 0.4) is 0 Å². The highest BCUT2D eigenvalue weighted by Crippen LogP contribution is 2.11. The third kappa shape index (κ3) is 4.40. The lowest BCUT2D eigenvalue weighted by Crippen LogP contribution is -2.35. The molecule has 0 saturated carbocycles. The number of carbonyl (C=O) groups excluding carboxylic acids is 1. The summed E-state index contributed by atoms with van der Waals surface area (Å²) in [5.74, 6) is -1.76. The predicted molar refractivity (Wildman–Crippen MR) is 72.7 cm³/mol. The largest absolute Gasteiger partial charge is 0.391 e. The summed E-state index contributed by atoms with van der Waals surface area (Å²) in [6.07, 6.45) is -0.606. The second-order valence-electron chi connectivity index (χ2n) is 4.70. The molecule has 1 amide bonds. The number of halogens is 3. The van der Waals surface area contributed by atoms with Crippen LogP contribution in [0.25, 0.3) is 0 Å². The van der Waals surface area contributed by atoms with Crippen molar-refractivity contribution in [2.24, 2.45) is 5.92 Å². The number of aliphatic hydroxyl groups excluding tert-OH is 1. The Hall–Kier alpha value is -1.24. The Balaban J connectivity index is 0.00000200. The summed E-state index contributed by atoms with van der Waals surface area (Å²) in [4.78, 5) is 11.6. The summed E-state index contributed by atoms with van der Waals surface area (Å²) in [5, 5.41) is 15.2. The number of aliphatic hydroxyl groups is 1. The van der Waals surface area contributed by atoms with Crippen molar-refractivity contribution in [2.45, 2.75) is 12.5 Å². The quantitative estimate of drug-likeness (QED) is 0.764. The molecule has 0 spiro atoms. The minimum absolute atomic E-state index is 0. The fourth-order valence-corrected chi connectivity index (χ4v) is 2.07. The van der Waals surface area contributed by atoms with Crippen LogP contribution in [-0.4, -0.2) is 36.8 Å². The molecule has 1 aliphatic heterocycles. The molecule has 2 rings (SSSR count). The van der Waals surface area contributed by atoms with Crippen LogP contribution >= 0.6 is 12.4 Å². The SMILES string of the molecule is Cl.O=C(Cc1ccc(F)cc1F)NCC1CNCC1O. The van der Waals surface area contributed by atoms with Crippen molar-refractivity contribution in [1.82, 2.24) is 10.6 Å². The molecule has 1 aromatic carbocycles. The van der Waals surface area contributed by atoms with E-state index < -0.39 is 17.7 Å². The first-order chi connectivity index (χ1) is 9.06. The minimum Gasteiger partial charge on any atom is -0.391 e. The Morgan fingerprint density at radius 3 is 2.75 bits per heavy atom. The van der Waals surface area contributed by atoms with Crippen LogP contribution in [0.4, 0.5) is 8.78 Å². The molecular weight excluding hydrogens is 290 g/mol. The zero-order valence-electron chi connectivity index (χ0n) is 10.7. The van der Waals surface area contributed by atoms with Gasteiger partial charge in [0.15, 0.2) is 0 Å². The molecule has 1 fully saturated rings. The van der Waals surface area contributed by atoms with Crippen molar-refractivity contribution in [3.05, 3.63) is 35.4 Å². The second kappa shape index (κ2) is 7.52. The zero-order valence-corrected chi connectivity index (χ0v) is 11.6. The first-order valence-corrected chi connectivity index (χ1v) is 6.15. The lowest BCUT2D eigenvalue weighted by Gasteiger charge is -2.14. The summed E-state index contributed by atoms with van der Waals surface area (Å²) in [7, 11) is 0. The number of rotatable bonds is 4. The first-order valence-electron chi connectivity index (χ1n) is 6.15. The molecular formula is C13H17ClF2N2O2. The Morgan fingerprint density at radius 1 is 1.40 bits per heavy atom. The van der Waals surface area contributed by atoms with Gasteiger partial charge in [-0.1, -0.05) is 6.07 Å². The smallest absolute Gasteiger partial charge is 0.224 e. The van der Waals surface area contributed by atoms with Gasteiger partial charge < -0.3 is 15.7 Å². The molecule has 1 aromatic rings. The minimum atomic E-state index is -0.724. The molecule has 0 aromatic heterocycles. The van der Waals surface area contributed by atoms with Crippen LogP contribution in [0.1, 0.15) is 5.56 Å². The topological polar surface area (TPSA) is 61.4 Å². The van der Waals surface area contributed by atoms with E-state index in [2.05, 4.69) is 10.6 Å². The third-order valence-corrected chi connectivity index (χ3v) is 3.23. The van der Waals surface area contributed by atoms with Crippen molar-refractivity contribution in [2.75, 3.05) is 19.6 Å². The van der Waals surface area contributed by atoms with Crippen molar-refractivity contribution in [3.63, 3.8) is 0 Å². The Kier molecular flexibility index (Phi) is 6.32. The highest BCUT2D eigenvalue weighted by molar-refractivity contribution is 5.85. The van der Waals surface area contributed by atoms with Gasteiger partial charge in [0.2, 0.25) is 5.91 Å². The number of benzene rings is 1. The molecule has 0 bridgehead atoms. The predicted octanol–water partition coefficient (Wildman–Crippen LogP) is 0.626. The van der Waals surface area contributed by atoms with E-state index in [1.54, 1.807) is 0 Å². The van der Waals surface area contributed by atoms with Crippen LogP contribution in [0.2, 0.25) is 0 Å². The van der Waals surface area contributed by atoms with Gasteiger partial charge in [-0.25, -0.2) is 8.78 Å². The molecule has 4 nitrogen and oxygen atoms in total. The Bertz CT molecular complexity index is 474.